The molecule has 1 aromatic heterocycles. The van der Waals surface area contributed by atoms with Gasteiger partial charge in [-0.2, -0.15) is 0 Å². The second kappa shape index (κ2) is 7.79. The van der Waals surface area contributed by atoms with E-state index in [0.717, 1.165) is 18.4 Å². The van der Waals surface area contributed by atoms with Gasteiger partial charge >= 0.3 is 0 Å². The normalized spacial score (nSPS) is 24.2. The number of carbonyl (C=O) groups is 1. The molecule has 1 aliphatic rings. The Labute approximate surface area is 140 Å². The van der Waals surface area contributed by atoms with E-state index >= 15 is 0 Å². The lowest BCUT2D eigenvalue weighted by atomic mass is 9.99. The summed E-state index contributed by atoms with van der Waals surface area (Å²) in [6.45, 7) is 0.191. The number of para-hydroxylation sites is 1. The van der Waals surface area contributed by atoms with Crippen LogP contribution in [0.1, 0.15) is 24.8 Å². The highest BCUT2D eigenvalue weighted by Gasteiger charge is 2.33. The number of aliphatic hydroxyl groups excluding tert-OH is 2. The molecule has 0 spiro atoms. The Morgan fingerprint density at radius 2 is 2.21 bits per heavy atom. The summed E-state index contributed by atoms with van der Waals surface area (Å²) in [5, 5.41) is 23.3. The van der Waals surface area contributed by atoms with E-state index in [4.69, 9.17) is 9.84 Å². The Morgan fingerprint density at radius 3 is 3.04 bits per heavy atom. The molecule has 0 bridgehead atoms. The van der Waals surface area contributed by atoms with Gasteiger partial charge in [0.15, 0.2) is 0 Å². The number of hydrogen-bond donors (Lipinski definition) is 4. The van der Waals surface area contributed by atoms with Gasteiger partial charge in [0.25, 0.3) is 0 Å². The second-order valence-corrected chi connectivity index (χ2v) is 6.26. The van der Waals surface area contributed by atoms with Crippen LogP contribution in [-0.4, -0.2) is 52.6 Å². The predicted octanol–water partition coefficient (Wildman–Crippen LogP) is 1.12. The van der Waals surface area contributed by atoms with Crippen LogP contribution in [0.3, 0.4) is 0 Å². The van der Waals surface area contributed by atoms with Gasteiger partial charge < -0.3 is 25.3 Å². The third kappa shape index (κ3) is 3.77. The highest BCUT2D eigenvalue weighted by Crippen LogP contribution is 2.19. The molecule has 1 aliphatic heterocycles. The molecule has 6 heteroatoms. The van der Waals surface area contributed by atoms with Gasteiger partial charge in [-0.15, -0.1) is 0 Å². The minimum Gasteiger partial charge on any atom is -0.394 e. The SMILES string of the molecule is O=C(CCCc1c[nH]c2ccccc12)N[C@H]1CCO[C@H](CO)[C@H]1O. The van der Waals surface area contributed by atoms with E-state index in [2.05, 4.69) is 16.4 Å². The van der Waals surface area contributed by atoms with Crippen molar-refractivity contribution in [3.8, 4) is 0 Å². The molecule has 2 heterocycles. The topological polar surface area (TPSA) is 94.6 Å². The molecule has 3 atom stereocenters. The van der Waals surface area contributed by atoms with Crippen LogP contribution < -0.4 is 5.32 Å². The fourth-order valence-corrected chi connectivity index (χ4v) is 3.25. The van der Waals surface area contributed by atoms with Crippen molar-refractivity contribution in [2.45, 2.75) is 43.9 Å². The Balaban J connectivity index is 1.47. The van der Waals surface area contributed by atoms with Gasteiger partial charge in [-0.1, -0.05) is 18.2 Å². The summed E-state index contributed by atoms with van der Waals surface area (Å²) >= 11 is 0. The minimum absolute atomic E-state index is 0.0718. The molecule has 0 saturated carbocycles. The van der Waals surface area contributed by atoms with E-state index in [0.29, 0.717) is 19.4 Å². The monoisotopic (exact) mass is 332 g/mol. The van der Waals surface area contributed by atoms with Gasteiger partial charge in [0, 0.05) is 30.1 Å². The van der Waals surface area contributed by atoms with Gasteiger partial charge in [-0.25, -0.2) is 0 Å². The van der Waals surface area contributed by atoms with Crippen molar-refractivity contribution >= 4 is 16.8 Å². The van der Waals surface area contributed by atoms with Crippen molar-refractivity contribution < 1.29 is 19.7 Å². The van der Waals surface area contributed by atoms with E-state index in [1.807, 2.05) is 24.4 Å². The van der Waals surface area contributed by atoms with Gasteiger partial charge in [0.2, 0.25) is 5.91 Å². The van der Waals surface area contributed by atoms with E-state index in [1.165, 1.54) is 10.9 Å². The molecule has 1 fully saturated rings. The summed E-state index contributed by atoms with van der Waals surface area (Å²) in [5.74, 6) is -0.0718. The molecule has 2 aromatic rings. The Bertz CT molecular complexity index is 684. The largest absolute Gasteiger partial charge is 0.394 e. The summed E-state index contributed by atoms with van der Waals surface area (Å²) in [5.41, 5.74) is 2.32. The number of amides is 1. The summed E-state index contributed by atoms with van der Waals surface area (Å²) in [7, 11) is 0. The zero-order valence-corrected chi connectivity index (χ0v) is 13.6. The molecular formula is C18H24N2O4. The highest BCUT2D eigenvalue weighted by molar-refractivity contribution is 5.83. The summed E-state index contributed by atoms with van der Waals surface area (Å²) in [6.07, 6.45) is 3.07. The summed E-state index contributed by atoms with van der Waals surface area (Å²) in [4.78, 5) is 15.3. The molecule has 1 saturated heterocycles. The van der Waals surface area contributed by atoms with Crippen LogP contribution in [-0.2, 0) is 16.0 Å². The quantitative estimate of drug-likeness (QED) is 0.637. The Hall–Kier alpha value is -1.89. The van der Waals surface area contributed by atoms with Crippen LogP contribution in [0.15, 0.2) is 30.5 Å². The van der Waals surface area contributed by atoms with E-state index < -0.39 is 12.2 Å². The summed E-state index contributed by atoms with van der Waals surface area (Å²) in [6, 6.07) is 7.77. The first-order valence-corrected chi connectivity index (χ1v) is 8.44. The Kier molecular flexibility index (Phi) is 5.50. The number of nitrogens with one attached hydrogen (secondary N) is 2. The second-order valence-electron chi connectivity index (χ2n) is 6.26. The van der Waals surface area contributed by atoms with Crippen LogP contribution in [0, 0.1) is 0 Å². The number of benzene rings is 1. The molecule has 4 N–H and O–H groups in total. The maximum absolute atomic E-state index is 12.1. The smallest absolute Gasteiger partial charge is 0.220 e. The van der Waals surface area contributed by atoms with Crippen molar-refractivity contribution in [3.05, 3.63) is 36.0 Å². The molecule has 24 heavy (non-hydrogen) atoms. The number of fused-ring (bicyclic) bond motifs is 1. The lowest BCUT2D eigenvalue weighted by molar-refractivity contribution is -0.131. The lowest BCUT2D eigenvalue weighted by Gasteiger charge is -2.34. The fraction of sp³-hybridized carbons (Fsp3) is 0.500. The highest BCUT2D eigenvalue weighted by atomic mass is 16.5. The molecule has 0 radical (unpaired) electrons. The maximum Gasteiger partial charge on any atom is 0.220 e. The van der Waals surface area contributed by atoms with E-state index in [9.17, 15) is 9.90 Å². The van der Waals surface area contributed by atoms with Gasteiger partial charge in [0.05, 0.1) is 12.6 Å². The maximum atomic E-state index is 12.1. The molecule has 6 nitrogen and oxygen atoms in total. The van der Waals surface area contributed by atoms with Crippen molar-refractivity contribution in [2.24, 2.45) is 0 Å². The molecule has 0 unspecified atom stereocenters. The minimum atomic E-state index is -0.860. The number of aromatic nitrogens is 1. The van der Waals surface area contributed by atoms with Crippen LogP contribution >= 0.6 is 0 Å². The van der Waals surface area contributed by atoms with Crippen molar-refractivity contribution in [1.29, 1.82) is 0 Å². The number of aryl methyl sites for hydroxylation is 1. The average molecular weight is 332 g/mol. The number of hydrogen-bond acceptors (Lipinski definition) is 4. The standard InChI is InChI=1S/C18H24N2O4/c21-11-16-18(23)15(8-9-24-16)20-17(22)7-3-4-12-10-19-14-6-2-1-5-13(12)14/h1-2,5-6,10,15-16,18-19,21,23H,3-4,7-9,11H2,(H,20,22)/t15-,16+,18-/m0/s1. The van der Waals surface area contributed by atoms with Crippen molar-refractivity contribution in [1.82, 2.24) is 10.3 Å². The number of aliphatic hydroxyl groups is 2. The van der Waals surface area contributed by atoms with E-state index in [1.54, 1.807) is 0 Å². The first-order valence-electron chi connectivity index (χ1n) is 8.44. The zero-order valence-electron chi connectivity index (χ0n) is 13.6. The van der Waals surface area contributed by atoms with Crippen molar-refractivity contribution in [3.63, 3.8) is 0 Å². The molecule has 0 aliphatic carbocycles. The third-order valence-electron chi connectivity index (χ3n) is 4.61. The zero-order chi connectivity index (χ0) is 16.9. The Morgan fingerprint density at radius 1 is 1.38 bits per heavy atom. The molecular weight excluding hydrogens is 308 g/mol. The number of carbonyl (C=O) groups excluding carboxylic acids is 1. The number of ether oxygens (including phenoxy) is 1. The first-order chi connectivity index (χ1) is 11.7. The third-order valence-corrected chi connectivity index (χ3v) is 4.61. The van der Waals surface area contributed by atoms with Crippen LogP contribution in [0.2, 0.25) is 0 Å². The number of aromatic amines is 1. The van der Waals surface area contributed by atoms with Gasteiger partial charge in [-0.3, -0.25) is 4.79 Å². The molecule has 130 valence electrons. The molecule has 1 aromatic carbocycles. The predicted molar refractivity (Wildman–Crippen MR) is 90.6 cm³/mol. The first kappa shape index (κ1) is 17.0. The van der Waals surface area contributed by atoms with E-state index in [-0.39, 0.29) is 18.6 Å². The van der Waals surface area contributed by atoms with Crippen molar-refractivity contribution in [2.75, 3.05) is 13.2 Å². The lowest BCUT2D eigenvalue weighted by Crippen LogP contribution is -2.54. The number of H-pyrrole nitrogens is 1. The summed E-state index contributed by atoms with van der Waals surface area (Å²) < 4.78 is 5.27. The van der Waals surface area contributed by atoms with Gasteiger partial charge in [0.1, 0.15) is 12.2 Å². The molecule has 1 amide bonds. The van der Waals surface area contributed by atoms with Gasteiger partial charge in [-0.05, 0) is 30.9 Å². The molecule has 3 rings (SSSR count). The fourth-order valence-electron chi connectivity index (χ4n) is 3.25. The van der Waals surface area contributed by atoms with Crippen LogP contribution in [0.5, 0.6) is 0 Å². The average Bonchev–Trinajstić information content (AvgIpc) is 3.00. The van der Waals surface area contributed by atoms with Crippen LogP contribution in [0.25, 0.3) is 10.9 Å². The number of rotatable bonds is 6. The van der Waals surface area contributed by atoms with Crippen LogP contribution in [0.4, 0.5) is 0 Å².